The molecule has 1 saturated heterocycles. The van der Waals surface area contributed by atoms with Crippen LogP contribution in [0.2, 0.25) is 0 Å². The van der Waals surface area contributed by atoms with Crippen molar-refractivity contribution in [2.45, 2.75) is 25.3 Å². The molecule has 0 bridgehead atoms. The molecule has 1 saturated carbocycles. The van der Waals surface area contributed by atoms with Crippen LogP contribution in [0.25, 0.3) is 0 Å². The van der Waals surface area contributed by atoms with Gasteiger partial charge in [-0.1, -0.05) is 0 Å². The number of hydrogen-bond donors (Lipinski definition) is 0. The molecular formula is C7H13N. The molecule has 0 aromatic rings. The Kier molecular flexibility index (Phi) is 0.884. The van der Waals surface area contributed by atoms with Crippen LogP contribution in [0.15, 0.2) is 0 Å². The molecule has 8 heavy (non-hydrogen) atoms. The molecule has 46 valence electrons. The van der Waals surface area contributed by atoms with Crippen molar-refractivity contribution in [3.63, 3.8) is 0 Å². The highest BCUT2D eigenvalue weighted by Crippen LogP contribution is 2.39. The lowest BCUT2D eigenvalue weighted by Gasteiger charge is -2.38. The minimum absolute atomic E-state index is 0.995. The lowest BCUT2D eigenvalue weighted by Crippen LogP contribution is -2.45. The van der Waals surface area contributed by atoms with Crippen molar-refractivity contribution >= 4 is 0 Å². The highest BCUT2D eigenvalue weighted by Gasteiger charge is 2.38. The van der Waals surface area contributed by atoms with Gasteiger partial charge in [-0.15, -0.1) is 0 Å². The molecule has 1 nitrogen and oxygen atoms in total. The summed E-state index contributed by atoms with van der Waals surface area (Å²) in [6.07, 6.45) is 4.49. The van der Waals surface area contributed by atoms with Gasteiger partial charge in [0, 0.05) is 6.04 Å². The van der Waals surface area contributed by atoms with Crippen LogP contribution in [0, 0.1) is 5.92 Å². The second-order valence-electron chi connectivity index (χ2n) is 3.17. The van der Waals surface area contributed by atoms with Gasteiger partial charge in [0.2, 0.25) is 0 Å². The zero-order valence-corrected chi connectivity index (χ0v) is 5.43. The van der Waals surface area contributed by atoms with Crippen LogP contribution >= 0.6 is 0 Å². The predicted molar refractivity (Wildman–Crippen MR) is 33.8 cm³/mol. The van der Waals surface area contributed by atoms with Crippen LogP contribution in [0.3, 0.4) is 0 Å². The standard InChI is InChI=1S/C7H13N/c1-8-5-4-7(8)6-2-3-6/h6-7H,2-5H2,1H3/t7-/m0/s1. The van der Waals surface area contributed by atoms with Gasteiger partial charge in [-0.25, -0.2) is 0 Å². The van der Waals surface area contributed by atoms with Crippen LogP contribution in [0.1, 0.15) is 19.3 Å². The molecule has 0 spiro atoms. The molecule has 0 radical (unpaired) electrons. The first-order valence-electron chi connectivity index (χ1n) is 3.58. The Morgan fingerprint density at radius 2 is 2.00 bits per heavy atom. The molecule has 0 N–H and O–H groups in total. The largest absolute Gasteiger partial charge is 0.303 e. The smallest absolute Gasteiger partial charge is 0.0133 e. The molecule has 1 atom stereocenters. The molecule has 2 fully saturated rings. The van der Waals surface area contributed by atoms with E-state index < -0.39 is 0 Å². The van der Waals surface area contributed by atoms with Gasteiger partial charge < -0.3 is 4.90 Å². The van der Waals surface area contributed by atoms with Crippen LogP contribution in [0.4, 0.5) is 0 Å². The molecule has 1 aliphatic carbocycles. The molecule has 0 unspecified atom stereocenters. The summed E-state index contributed by atoms with van der Waals surface area (Å²) in [5.41, 5.74) is 0. The Morgan fingerprint density at radius 1 is 1.25 bits per heavy atom. The second-order valence-corrected chi connectivity index (χ2v) is 3.17. The number of hydrogen-bond acceptors (Lipinski definition) is 1. The monoisotopic (exact) mass is 111 g/mol. The molecule has 0 aromatic carbocycles. The molecule has 0 amide bonds. The summed E-state index contributed by atoms with van der Waals surface area (Å²) in [5, 5.41) is 0. The van der Waals surface area contributed by atoms with Crippen molar-refractivity contribution in [1.82, 2.24) is 4.90 Å². The lowest BCUT2D eigenvalue weighted by molar-refractivity contribution is 0.107. The fourth-order valence-corrected chi connectivity index (χ4v) is 1.61. The van der Waals surface area contributed by atoms with E-state index in [0.29, 0.717) is 0 Å². The molecule has 1 heterocycles. The molecule has 2 rings (SSSR count). The third-order valence-electron chi connectivity index (χ3n) is 2.51. The number of rotatable bonds is 1. The van der Waals surface area contributed by atoms with E-state index in [1.54, 1.807) is 0 Å². The first kappa shape index (κ1) is 4.80. The van der Waals surface area contributed by atoms with E-state index in [4.69, 9.17) is 0 Å². The van der Waals surface area contributed by atoms with E-state index in [9.17, 15) is 0 Å². The quantitative estimate of drug-likeness (QED) is 0.490. The average Bonchev–Trinajstić information content (AvgIpc) is 2.46. The van der Waals surface area contributed by atoms with E-state index in [2.05, 4.69) is 11.9 Å². The average molecular weight is 111 g/mol. The summed E-state index contributed by atoms with van der Waals surface area (Å²) < 4.78 is 0. The Labute approximate surface area is 50.7 Å². The van der Waals surface area contributed by atoms with E-state index in [1.165, 1.54) is 25.8 Å². The topological polar surface area (TPSA) is 3.24 Å². The molecule has 0 aromatic heterocycles. The summed E-state index contributed by atoms with van der Waals surface area (Å²) in [4.78, 5) is 2.48. The zero-order valence-electron chi connectivity index (χ0n) is 5.43. The third kappa shape index (κ3) is 0.576. The Morgan fingerprint density at radius 3 is 2.12 bits per heavy atom. The van der Waals surface area contributed by atoms with Crippen molar-refractivity contribution in [2.24, 2.45) is 5.92 Å². The predicted octanol–water partition coefficient (Wildman–Crippen LogP) is 1.10. The highest BCUT2D eigenvalue weighted by molar-refractivity contribution is 4.92. The van der Waals surface area contributed by atoms with E-state index >= 15 is 0 Å². The van der Waals surface area contributed by atoms with Gasteiger partial charge in [0.15, 0.2) is 0 Å². The Balaban J connectivity index is 1.87. The van der Waals surface area contributed by atoms with Crippen molar-refractivity contribution in [2.75, 3.05) is 13.6 Å². The third-order valence-corrected chi connectivity index (χ3v) is 2.51. The van der Waals surface area contributed by atoms with Crippen molar-refractivity contribution in [3.05, 3.63) is 0 Å². The minimum Gasteiger partial charge on any atom is -0.303 e. The molecular weight excluding hydrogens is 98.1 g/mol. The van der Waals surface area contributed by atoms with Gasteiger partial charge in [-0.05, 0) is 38.8 Å². The van der Waals surface area contributed by atoms with Gasteiger partial charge >= 0.3 is 0 Å². The van der Waals surface area contributed by atoms with Crippen LogP contribution in [-0.2, 0) is 0 Å². The van der Waals surface area contributed by atoms with Crippen LogP contribution in [0.5, 0.6) is 0 Å². The SMILES string of the molecule is CN1CC[C@H]1C1CC1. The lowest BCUT2D eigenvalue weighted by atomic mass is 10.00. The van der Waals surface area contributed by atoms with E-state index in [0.717, 1.165) is 12.0 Å². The number of likely N-dealkylation sites (tertiary alicyclic amines) is 1. The molecule has 1 heteroatoms. The van der Waals surface area contributed by atoms with Crippen LogP contribution < -0.4 is 0 Å². The summed E-state index contributed by atoms with van der Waals surface area (Å²) >= 11 is 0. The van der Waals surface area contributed by atoms with Gasteiger partial charge in [0.1, 0.15) is 0 Å². The van der Waals surface area contributed by atoms with Gasteiger partial charge in [0.05, 0.1) is 0 Å². The fourth-order valence-electron chi connectivity index (χ4n) is 1.61. The van der Waals surface area contributed by atoms with Crippen molar-refractivity contribution < 1.29 is 0 Å². The Hall–Kier alpha value is -0.0400. The highest BCUT2D eigenvalue weighted by atomic mass is 15.2. The van der Waals surface area contributed by atoms with Crippen LogP contribution in [-0.4, -0.2) is 24.5 Å². The minimum atomic E-state index is 0.995. The maximum Gasteiger partial charge on any atom is 0.0133 e. The second kappa shape index (κ2) is 1.47. The normalized spacial score (nSPS) is 39.4. The first-order chi connectivity index (χ1) is 3.88. The maximum absolute atomic E-state index is 2.48. The Bertz CT molecular complexity index is 94.6. The maximum atomic E-state index is 2.48. The van der Waals surface area contributed by atoms with E-state index in [1.807, 2.05) is 0 Å². The summed E-state index contributed by atoms with van der Waals surface area (Å²) in [7, 11) is 2.24. The number of nitrogens with zero attached hydrogens (tertiary/aromatic N) is 1. The molecule has 1 aliphatic heterocycles. The summed E-state index contributed by atoms with van der Waals surface area (Å²) in [5.74, 6) is 1.11. The fraction of sp³-hybridized carbons (Fsp3) is 1.00. The van der Waals surface area contributed by atoms with E-state index in [-0.39, 0.29) is 0 Å². The van der Waals surface area contributed by atoms with Crippen molar-refractivity contribution in [1.29, 1.82) is 0 Å². The molecule has 2 aliphatic rings. The first-order valence-corrected chi connectivity index (χ1v) is 3.58. The summed E-state index contributed by atoms with van der Waals surface area (Å²) in [6, 6.07) is 0.995. The van der Waals surface area contributed by atoms with Gasteiger partial charge in [0.25, 0.3) is 0 Å². The summed E-state index contributed by atoms with van der Waals surface area (Å²) in [6.45, 7) is 1.35. The van der Waals surface area contributed by atoms with Crippen molar-refractivity contribution in [3.8, 4) is 0 Å². The van der Waals surface area contributed by atoms with Gasteiger partial charge in [-0.3, -0.25) is 0 Å². The van der Waals surface area contributed by atoms with Gasteiger partial charge in [-0.2, -0.15) is 0 Å². The zero-order chi connectivity index (χ0) is 5.56.